The molecule has 1 aromatic rings. The van der Waals surface area contributed by atoms with Crippen LogP contribution < -0.4 is 9.47 Å². The average Bonchev–Trinajstić information content (AvgIpc) is 3.02. The molecule has 2 aliphatic heterocycles. The first-order valence-corrected chi connectivity index (χ1v) is 8.15. The largest absolute Gasteiger partial charge is 0.489 e. The van der Waals surface area contributed by atoms with Crippen LogP contribution in [0.5, 0.6) is 11.5 Å². The summed E-state index contributed by atoms with van der Waals surface area (Å²) in [6.45, 7) is 5.69. The lowest BCUT2D eigenvalue weighted by molar-refractivity contribution is -0.137. The molecule has 6 heteroatoms. The van der Waals surface area contributed by atoms with Gasteiger partial charge in [0.15, 0.2) is 0 Å². The summed E-state index contributed by atoms with van der Waals surface area (Å²) < 4.78 is 17.3. The van der Waals surface area contributed by atoms with E-state index in [1.807, 2.05) is 13.8 Å². The zero-order valence-corrected chi connectivity index (χ0v) is 14.3. The second-order valence-corrected chi connectivity index (χ2v) is 6.41. The van der Waals surface area contributed by atoms with Crippen LogP contribution in [0.25, 0.3) is 0 Å². The molecule has 3 rings (SSSR count). The highest BCUT2D eigenvalue weighted by Crippen LogP contribution is 2.49. The van der Waals surface area contributed by atoms with Crippen molar-refractivity contribution >= 4 is 27.7 Å². The minimum Gasteiger partial charge on any atom is -0.489 e. The minimum atomic E-state index is -0.850. The number of ether oxygens (including phenoxy) is 3. The molecule has 0 spiro atoms. The highest BCUT2D eigenvalue weighted by molar-refractivity contribution is 9.10. The maximum atomic E-state index is 12.6. The number of carbonyl (C=O) groups is 2. The van der Waals surface area contributed by atoms with Gasteiger partial charge in [0.1, 0.15) is 23.7 Å². The van der Waals surface area contributed by atoms with Gasteiger partial charge in [-0.25, -0.2) is 4.79 Å². The number of hydrogen-bond acceptors (Lipinski definition) is 5. The third-order valence-corrected chi connectivity index (χ3v) is 4.69. The Kier molecular flexibility index (Phi) is 3.89. The molecule has 2 aliphatic rings. The summed E-state index contributed by atoms with van der Waals surface area (Å²) >= 11 is 3.56. The van der Waals surface area contributed by atoms with E-state index in [-0.39, 0.29) is 18.8 Å². The summed E-state index contributed by atoms with van der Waals surface area (Å²) in [7, 11) is 0. The van der Waals surface area contributed by atoms with Crippen molar-refractivity contribution in [1.82, 2.24) is 0 Å². The van der Waals surface area contributed by atoms with E-state index >= 15 is 0 Å². The standard InChI is InChI=1S/C16H17BrO5/c1-4-20-16(19)13(18)11-9-5-7(2)22-15(9)12(17)10-6-8(3)21-14(10)11/h7-8H,4-6H2,1-3H3. The number of fused-ring (bicyclic) bond motifs is 2. The summed E-state index contributed by atoms with van der Waals surface area (Å²) in [6, 6.07) is 0. The van der Waals surface area contributed by atoms with Gasteiger partial charge in [-0.1, -0.05) is 0 Å². The third kappa shape index (κ3) is 2.29. The molecule has 2 unspecified atom stereocenters. The van der Waals surface area contributed by atoms with E-state index in [1.165, 1.54) is 0 Å². The number of hydrogen-bond donors (Lipinski definition) is 0. The van der Waals surface area contributed by atoms with Gasteiger partial charge in [-0.2, -0.15) is 0 Å². The number of esters is 1. The molecule has 0 fully saturated rings. The second kappa shape index (κ2) is 5.57. The van der Waals surface area contributed by atoms with Crippen molar-refractivity contribution in [2.24, 2.45) is 0 Å². The molecule has 0 amide bonds. The van der Waals surface area contributed by atoms with Gasteiger partial charge in [-0.3, -0.25) is 4.79 Å². The molecule has 0 N–H and O–H groups in total. The zero-order valence-electron chi connectivity index (χ0n) is 12.7. The van der Waals surface area contributed by atoms with Crippen molar-refractivity contribution in [2.75, 3.05) is 6.61 Å². The molecule has 118 valence electrons. The van der Waals surface area contributed by atoms with Gasteiger partial charge in [0.2, 0.25) is 0 Å². The maximum Gasteiger partial charge on any atom is 0.379 e. The highest BCUT2D eigenvalue weighted by Gasteiger charge is 2.39. The van der Waals surface area contributed by atoms with Crippen molar-refractivity contribution in [3.63, 3.8) is 0 Å². The lowest BCUT2D eigenvalue weighted by Crippen LogP contribution is -2.20. The summed E-state index contributed by atoms with van der Waals surface area (Å²) in [4.78, 5) is 24.5. The lowest BCUT2D eigenvalue weighted by atomic mass is 9.95. The van der Waals surface area contributed by atoms with Crippen LogP contribution in [0, 0.1) is 0 Å². The first-order chi connectivity index (χ1) is 10.4. The van der Waals surface area contributed by atoms with E-state index in [0.29, 0.717) is 29.9 Å². The van der Waals surface area contributed by atoms with Crippen LogP contribution in [0.1, 0.15) is 42.3 Å². The lowest BCUT2D eigenvalue weighted by Gasteiger charge is -2.13. The molecule has 2 atom stereocenters. The average molecular weight is 369 g/mol. The number of Topliss-reactive ketones (excluding diaryl/α,β-unsaturated/α-hetero) is 1. The predicted octanol–water partition coefficient (Wildman–Crippen LogP) is 2.84. The van der Waals surface area contributed by atoms with Crippen molar-refractivity contribution in [2.45, 2.75) is 45.8 Å². The van der Waals surface area contributed by atoms with Crippen LogP contribution in [0.4, 0.5) is 0 Å². The number of ketones is 1. The van der Waals surface area contributed by atoms with E-state index in [0.717, 1.165) is 15.6 Å². The molecular weight excluding hydrogens is 352 g/mol. The molecule has 0 bridgehead atoms. The van der Waals surface area contributed by atoms with Gasteiger partial charge in [0.05, 0.1) is 16.6 Å². The molecule has 0 radical (unpaired) electrons. The minimum absolute atomic E-state index is 0.0417. The number of carbonyl (C=O) groups excluding carboxylic acids is 2. The van der Waals surface area contributed by atoms with Gasteiger partial charge in [0.25, 0.3) is 5.78 Å². The van der Waals surface area contributed by atoms with Crippen molar-refractivity contribution in [1.29, 1.82) is 0 Å². The quantitative estimate of drug-likeness (QED) is 0.466. The fourth-order valence-electron chi connectivity index (χ4n) is 3.00. The molecule has 1 aromatic carbocycles. The van der Waals surface area contributed by atoms with E-state index < -0.39 is 11.8 Å². The summed E-state index contributed by atoms with van der Waals surface area (Å²) in [6.07, 6.45) is 1.16. The second-order valence-electron chi connectivity index (χ2n) is 5.62. The van der Waals surface area contributed by atoms with Gasteiger partial charge in [-0.05, 0) is 36.7 Å². The number of halogens is 1. The Balaban J connectivity index is 2.17. The Morgan fingerprint density at radius 1 is 1.14 bits per heavy atom. The summed E-state index contributed by atoms with van der Waals surface area (Å²) in [5.41, 5.74) is 1.92. The van der Waals surface area contributed by atoms with Crippen molar-refractivity contribution in [3.8, 4) is 11.5 Å². The predicted molar refractivity (Wildman–Crippen MR) is 82.7 cm³/mol. The van der Waals surface area contributed by atoms with Crippen LogP contribution in [0.15, 0.2) is 4.47 Å². The van der Waals surface area contributed by atoms with E-state index in [2.05, 4.69) is 15.9 Å². The molecule has 0 aliphatic carbocycles. The van der Waals surface area contributed by atoms with E-state index in [4.69, 9.17) is 14.2 Å². The van der Waals surface area contributed by atoms with Crippen LogP contribution >= 0.6 is 15.9 Å². The SMILES string of the molecule is CCOC(=O)C(=O)c1c2c(c(Br)c3c1OC(C)C3)OC(C)C2. The van der Waals surface area contributed by atoms with Gasteiger partial charge in [0, 0.05) is 24.0 Å². The summed E-state index contributed by atoms with van der Waals surface area (Å²) in [5.74, 6) is -0.365. The fourth-order valence-corrected chi connectivity index (χ4v) is 3.67. The summed E-state index contributed by atoms with van der Waals surface area (Å²) in [5, 5.41) is 0. The van der Waals surface area contributed by atoms with E-state index in [1.54, 1.807) is 6.92 Å². The van der Waals surface area contributed by atoms with Crippen LogP contribution in [-0.2, 0) is 22.4 Å². The molecule has 5 nitrogen and oxygen atoms in total. The molecular formula is C16H17BrO5. The first-order valence-electron chi connectivity index (χ1n) is 7.36. The van der Waals surface area contributed by atoms with Crippen molar-refractivity contribution in [3.05, 3.63) is 21.2 Å². The smallest absolute Gasteiger partial charge is 0.379 e. The molecule has 0 aromatic heterocycles. The zero-order chi connectivity index (χ0) is 16.0. The Morgan fingerprint density at radius 2 is 1.73 bits per heavy atom. The Bertz CT molecular complexity index is 628. The highest BCUT2D eigenvalue weighted by atomic mass is 79.9. The number of rotatable bonds is 3. The van der Waals surface area contributed by atoms with Gasteiger partial charge < -0.3 is 14.2 Å². The van der Waals surface area contributed by atoms with Crippen molar-refractivity contribution < 1.29 is 23.8 Å². The fraction of sp³-hybridized carbons (Fsp3) is 0.500. The van der Waals surface area contributed by atoms with Crippen LogP contribution in [0.2, 0.25) is 0 Å². The maximum absolute atomic E-state index is 12.6. The normalized spacial score (nSPS) is 21.6. The number of benzene rings is 1. The first kappa shape index (κ1) is 15.3. The molecule has 0 saturated carbocycles. The van der Waals surface area contributed by atoms with E-state index in [9.17, 15) is 9.59 Å². The molecule has 0 saturated heterocycles. The molecule has 22 heavy (non-hydrogen) atoms. The third-order valence-electron chi connectivity index (χ3n) is 3.85. The van der Waals surface area contributed by atoms with Gasteiger partial charge >= 0.3 is 5.97 Å². The Morgan fingerprint density at radius 3 is 2.36 bits per heavy atom. The van der Waals surface area contributed by atoms with Gasteiger partial charge in [-0.15, -0.1) is 0 Å². The topological polar surface area (TPSA) is 61.8 Å². The Hall–Kier alpha value is -1.56. The van der Waals surface area contributed by atoms with Crippen LogP contribution in [-0.4, -0.2) is 30.6 Å². The molecule has 2 heterocycles. The monoisotopic (exact) mass is 368 g/mol. The Labute approximate surface area is 137 Å². The van der Waals surface area contributed by atoms with Crippen LogP contribution in [0.3, 0.4) is 0 Å².